The average molecular weight is 272 g/mol. The standard InChI is InChI=1S/C15H16N2O3/c1-15(2)10-6-4-3-5-9(10)14(20)17(15)11-7-8-12(18)16-13(11)19/h3-6,11H,7-8H2,1-2H3,(H,16,18,19). The van der Waals surface area contributed by atoms with E-state index in [2.05, 4.69) is 5.32 Å². The third-order valence-electron chi connectivity index (χ3n) is 4.16. The van der Waals surface area contributed by atoms with Crippen LogP contribution in [0.3, 0.4) is 0 Å². The number of hydrogen-bond acceptors (Lipinski definition) is 3. The van der Waals surface area contributed by atoms with Gasteiger partial charge in [0.15, 0.2) is 0 Å². The van der Waals surface area contributed by atoms with E-state index in [4.69, 9.17) is 0 Å². The van der Waals surface area contributed by atoms with Crippen LogP contribution in [0, 0.1) is 0 Å². The lowest BCUT2D eigenvalue weighted by Crippen LogP contribution is -2.57. The number of fused-ring (bicyclic) bond motifs is 1. The second-order valence-corrected chi connectivity index (χ2v) is 5.75. The van der Waals surface area contributed by atoms with Crippen LogP contribution in [0.1, 0.15) is 42.6 Å². The van der Waals surface area contributed by atoms with Crippen molar-refractivity contribution in [3.8, 4) is 0 Å². The molecule has 1 aromatic carbocycles. The molecule has 1 N–H and O–H groups in total. The van der Waals surface area contributed by atoms with Crippen LogP contribution >= 0.6 is 0 Å². The largest absolute Gasteiger partial charge is 0.317 e. The molecule has 104 valence electrons. The van der Waals surface area contributed by atoms with Crippen molar-refractivity contribution in [3.63, 3.8) is 0 Å². The molecule has 1 aromatic rings. The van der Waals surface area contributed by atoms with E-state index in [0.717, 1.165) is 5.56 Å². The van der Waals surface area contributed by atoms with E-state index in [-0.39, 0.29) is 24.1 Å². The summed E-state index contributed by atoms with van der Waals surface area (Å²) >= 11 is 0. The summed E-state index contributed by atoms with van der Waals surface area (Å²) in [6, 6.07) is 6.83. The van der Waals surface area contributed by atoms with Gasteiger partial charge in [0.05, 0.1) is 5.54 Å². The molecule has 0 bridgehead atoms. The van der Waals surface area contributed by atoms with Crippen molar-refractivity contribution in [2.75, 3.05) is 0 Å². The van der Waals surface area contributed by atoms with Crippen molar-refractivity contribution in [1.82, 2.24) is 10.2 Å². The van der Waals surface area contributed by atoms with Crippen LogP contribution in [-0.4, -0.2) is 28.7 Å². The highest BCUT2D eigenvalue weighted by Gasteiger charge is 2.49. The summed E-state index contributed by atoms with van der Waals surface area (Å²) in [6.07, 6.45) is 0.653. The van der Waals surface area contributed by atoms with Crippen molar-refractivity contribution in [1.29, 1.82) is 0 Å². The molecule has 20 heavy (non-hydrogen) atoms. The molecule has 3 amide bonds. The Balaban J connectivity index is 2.02. The number of hydrogen-bond donors (Lipinski definition) is 1. The molecule has 1 unspecified atom stereocenters. The average Bonchev–Trinajstić information content (AvgIpc) is 2.60. The summed E-state index contributed by atoms with van der Waals surface area (Å²) in [4.78, 5) is 37.5. The molecule has 2 aliphatic heterocycles. The van der Waals surface area contributed by atoms with E-state index in [0.29, 0.717) is 12.0 Å². The molecule has 1 atom stereocenters. The predicted molar refractivity (Wildman–Crippen MR) is 71.8 cm³/mol. The number of nitrogens with one attached hydrogen (secondary N) is 1. The summed E-state index contributed by atoms with van der Waals surface area (Å²) < 4.78 is 0. The minimum atomic E-state index is -0.581. The number of nitrogens with zero attached hydrogens (tertiary/aromatic N) is 1. The Bertz CT molecular complexity index is 621. The summed E-state index contributed by atoms with van der Waals surface area (Å²) in [5.74, 6) is -0.788. The number of carbonyl (C=O) groups is 3. The van der Waals surface area contributed by atoms with Gasteiger partial charge >= 0.3 is 0 Å². The molecule has 0 spiro atoms. The quantitative estimate of drug-likeness (QED) is 0.781. The van der Waals surface area contributed by atoms with Crippen LogP contribution in [0.5, 0.6) is 0 Å². The number of piperidine rings is 1. The number of benzene rings is 1. The van der Waals surface area contributed by atoms with Crippen molar-refractivity contribution in [2.24, 2.45) is 0 Å². The first-order valence-corrected chi connectivity index (χ1v) is 6.70. The van der Waals surface area contributed by atoms with E-state index in [1.165, 1.54) is 0 Å². The molecule has 5 nitrogen and oxygen atoms in total. The molecule has 1 fully saturated rings. The summed E-state index contributed by atoms with van der Waals surface area (Å²) in [7, 11) is 0. The van der Waals surface area contributed by atoms with Crippen LogP contribution in [-0.2, 0) is 15.1 Å². The summed E-state index contributed by atoms with van der Waals surface area (Å²) in [5.41, 5.74) is 1.02. The highest BCUT2D eigenvalue weighted by Crippen LogP contribution is 2.41. The van der Waals surface area contributed by atoms with Crippen molar-refractivity contribution < 1.29 is 14.4 Å². The molecular formula is C15H16N2O3. The lowest BCUT2D eigenvalue weighted by Gasteiger charge is -2.39. The molecule has 5 heteroatoms. The van der Waals surface area contributed by atoms with Crippen LogP contribution in [0.15, 0.2) is 24.3 Å². The first-order valence-electron chi connectivity index (χ1n) is 6.70. The maximum atomic E-state index is 12.6. The number of rotatable bonds is 1. The van der Waals surface area contributed by atoms with E-state index in [1.54, 1.807) is 11.0 Å². The molecular weight excluding hydrogens is 256 g/mol. The Labute approximate surface area is 116 Å². The molecule has 1 saturated heterocycles. The first-order chi connectivity index (χ1) is 9.43. The third kappa shape index (κ3) is 1.66. The lowest BCUT2D eigenvalue weighted by molar-refractivity contribution is -0.138. The van der Waals surface area contributed by atoms with Crippen molar-refractivity contribution in [3.05, 3.63) is 35.4 Å². The van der Waals surface area contributed by atoms with Gasteiger partial charge in [-0.3, -0.25) is 19.7 Å². The van der Waals surface area contributed by atoms with E-state index in [1.807, 2.05) is 32.0 Å². The van der Waals surface area contributed by atoms with E-state index < -0.39 is 11.6 Å². The zero-order chi connectivity index (χ0) is 14.5. The van der Waals surface area contributed by atoms with Crippen LogP contribution < -0.4 is 5.32 Å². The van der Waals surface area contributed by atoms with Gasteiger partial charge in [-0.1, -0.05) is 18.2 Å². The van der Waals surface area contributed by atoms with Gasteiger partial charge in [0.25, 0.3) is 5.91 Å². The smallest absolute Gasteiger partial charge is 0.255 e. The second kappa shape index (κ2) is 4.16. The predicted octanol–water partition coefficient (Wildman–Crippen LogP) is 1.18. The zero-order valence-corrected chi connectivity index (χ0v) is 11.5. The minimum Gasteiger partial charge on any atom is -0.317 e. The van der Waals surface area contributed by atoms with Gasteiger partial charge in [0.2, 0.25) is 11.8 Å². The van der Waals surface area contributed by atoms with Gasteiger partial charge in [-0.25, -0.2) is 0 Å². The Morgan fingerprint density at radius 1 is 1.20 bits per heavy atom. The first kappa shape index (κ1) is 12.8. The molecule has 0 aliphatic carbocycles. The molecule has 0 aromatic heterocycles. The summed E-state index contributed by atoms with van der Waals surface area (Å²) in [5, 5.41) is 2.32. The van der Waals surface area contributed by atoms with Crippen LogP contribution in [0.2, 0.25) is 0 Å². The van der Waals surface area contributed by atoms with Gasteiger partial charge in [0, 0.05) is 12.0 Å². The number of amides is 3. The van der Waals surface area contributed by atoms with Gasteiger partial charge in [-0.15, -0.1) is 0 Å². The topological polar surface area (TPSA) is 66.5 Å². The SMILES string of the molecule is CC1(C)c2ccccc2C(=O)N1C1CCC(=O)NC1=O. The fourth-order valence-electron chi connectivity index (χ4n) is 3.18. The normalized spacial score (nSPS) is 24.6. The third-order valence-corrected chi connectivity index (χ3v) is 4.16. The van der Waals surface area contributed by atoms with Crippen LogP contribution in [0.25, 0.3) is 0 Å². The number of carbonyl (C=O) groups excluding carboxylic acids is 3. The highest BCUT2D eigenvalue weighted by atomic mass is 16.2. The number of imide groups is 1. The Morgan fingerprint density at radius 3 is 2.55 bits per heavy atom. The van der Waals surface area contributed by atoms with Gasteiger partial charge in [-0.05, 0) is 31.9 Å². The molecule has 0 saturated carbocycles. The van der Waals surface area contributed by atoms with Crippen molar-refractivity contribution >= 4 is 17.7 Å². The maximum Gasteiger partial charge on any atom is 0.255 e. The lowest BCUT2D eigenvalue weighted by atomic mass is 9.92. The van der Waals surface area contributed by atoms with Crippen molar-refractivity contribution in [2.45, 2.75) is 38.3 Å². The van der Waals surface area contributed by atoms with Gasteiger partial charge < -0.3 is 4.90 Å². The Kier molecular flexibility index (Phi) is 2.67. The van der Waals surface area contributed by atoms with E-state index >= 15 is 0 Å². The molecule has 0 radical (unpaired) electrons. The second-order valence-electron chi connectivity index (χ2n) is 5.75. The molecule has 2 heterocycles. The Hall–Kier alpha value is -2.17. The van der Waals surface area contributed by atoms with E-state index in [9.17, 15) is 14.4 Å². The van der Waals surface area contributed by atoms with Gasteiger partial charge in [0.1, 0.15) is 6.04 Å². The monoisotopic (exact) mass is 272 g/mol. The van der Waals surface area contributed by atoms with Gasteiger partial charge in [-0.2, -0.15) is 0 Å². The fraction of sp³-hybridized carbons (Fsp3) is 0.400. The highest BCUT2D eigenvalue weighted by molar-refractivity contribution is 6.06. The zero-order valence-electron chi connectivity index (χ0n) is 11.5. The maximum absolute atomic E-state index is 12.6. The van der Waals surface area contributed by atoms with Crippen LogP contribution in [0.4, 0.5) is 0 Å². The molecule has 2 aliphatic rings. The molecule has 3 rings (SSSR count). The minimum absolute atomic E-state index is 0.139. The Morgan fingerprint density at radius 2 is 1.90 bits per heavy atom. The summed E-state index contributed by atoms with van der Waals surface area (Å²) in [6.45, 7) is 3.86. The fourth-order valence-corrected chi connectivity index (χ4v) is 3.18.